The highest BCUT2D eigenvalue weighted by molar-refractivity contribution is 7.92. The van der Waals surface area contributed by atoms with Crippen molar-refractivity contribution >= 4 is 15.5 Å². The number of sulfone groups is 1. The van der Waals surface area contributed by atoms with Gasteiger partial charge in [0.25, 0.3) is 0 Å². The van der Waals surface area contributed by atoms with Crippen molar-refractivity contribution in [1.29, 1.82) is 0 Å². The lowest BCUT2D eigenvalue weighted by atomic mass is 10.3. The molecule has 0 amide bonds. The van der Waals surface area contributed by atoms with E-state index in [0.717, 1.165) is 0 Å². The monoisotopic (exact) mass is 227 g/mol. The fourth-order valence-corrected chi connectivity index (χ4v) is 3.38. The third-order valence-electron chi connectivity index (χ3n) is 2.55. The Labute approximate surface area is 89.0 Å². The summed E-state index contributed by atoms with van der Waals surface area (Å²) in [7, 11) is -3.32. The van der Waals surface area contributed by atoms with Gasteiger partial charge in [-0.05, 0) is 18.6 Å². The Hall–Kier alpha value is -1.07. The average Bonchev–Trinajstić information content (AvgIpc) is 2.71. The number of hydrogen-bond acceptors (Lipinski definition) is 4. The molecule has 1 aliphatic rings. The molecular weight excluding hydrogens is 214 g/mol. The number of nitrogens with two attached hydrogens (primary N) is 1. The van der Waals surface area contributed by atoms with Crippen molar-refractivity contribution < 1.29 is 13.2 Å². The number of benzene rings is 1. The van der Waals surface area contributed by atoms with Crippen molar-refractivity contribution in [3.8, 4) is 0 Å². The van der Waals surface area contributed by atoms with Gasteiger partial charge in [-0.3, -0.25) is 0 Å². The number of rotatable bonds is 2. The molecule has 1 aromatic rings. The zero-order valence-corrected chi connectivity index (χ0v) is 9.03. The van der Waals surface area contributed by atoms with Crippen LogP contribution in [-0.4, -0.2) is 26.9 Å². The van der Waals surface area contributed by atoms with Gasteiger partial charge in [0, 0.05) is 6.61 Å². The Kier molecular flexibility index (Phi) is 2.67. The van der Waals surface area contributed by atoms with Gasteiger partial charge in [-0.2, -0.15) is 0 Å². The van der Waals surface area contributed by atoms with Gasteiger partial charge < -0.3 is 10.5 Å². The first kappa shape index (κ1) is 10.4. The summed E-state index contributed by atoms with van der Waals surface area (Å²) in [5, 5.41) is -0.442. The molecule has 0 unspecified atom stereocenters. The van der Waals surface area contributed by atoms with Crippen molar-refractivity contribution in [3.63, 3.8) is 0 Å². The molecule has 1 saturated heterocycles. The molecule has 2 rings (SSSR count). The van der Waals surface area contributed by atoms with E-state index in [1.165, 1.54) is 0 Å². The van der Waals surface area contributed by atoms with Crippen LogP contribution in [0.1, 0.15) is 6.42 Å². The van der Waals surface area contributed by atoms with Crippen LogP contribution in [0.3, 0.4) is 0 Å². The minimum Gasteiger partial charge on any atom is -0.398 e. The number of anilines is 1. The fourth-order valence-electron chi connectivity index (χ4n) is 1.68. The van der Waals surface area contributed by atoms with Crippen LogP contribution < -0.4 is 5.73 Å². The molecule has 0 saturated carbocycles. The summed E-state index contributed by atoms with van der Waals surface area (Å²) in [5.41, 5.74) is 5.96. The molecular formula is C10H13NO3S. The summed E-state index contributed by atoms with van der Waals surface area (Å²) in [6.07, 6.45) is 0.552. The first-order valence-corrected chi connectivity index (χ1v) is 6.33. The smallest absolute Gasteiger partial charge is 0.185 e. The summed E-state index contributed by atoms with van der Waals surface area (Å²) in [6, 6.07) is 6.55. The largest absolute Gasteiger partial charge is 0.398 e. The lowest BCUT2D eigenvalue weighted by Crippen LogP contribution is -2.22. The summed E-state index contributed by atoms with van der Waals surface area (Å²) >= 11 is 0. The lowest BCUT2D eigenvalue weighted by molar-refractivity contribution is 0.198. The zero-order valence-electron chi connectivity index (χ0n) is 8.22. The predicted molar refractivity (Wildman–Crippen MR) is 57.3 cm³/mol. The molecule has 5 heteroatoms. The molecule has 1 aliphatic heterocycles. The molecule has 0 aliphatic carbocycles. The second kappa shape index (κ2) is 3.83. The van der Waals surface area contributed by atoms with Gasteiger partial charge >= 0.3 is 0 Å². The van der Waals surface area contributed by atoms with Gasteiger partial charge in [0.05, 0.1) is 22.4 Å². The molecule has 1 atom stereocenters. The quantitative estimate of drug-likeness (QED) is 0.760. The molecule has 2 N–H and O–H groups in total. The van der Waals surface area contributed by atoms with E-state index in [9.17, 15) is 8.42 Å². The van der Waals surface area contributed by atoms with Crippen LogP contribution in [0.2, 0.25) is 0 Å². The molecule has 0 radical (unpaired) electrons. The maximum atomic E-state index is 12.1. The number of hydrogen-bond donors (Lipinski definition) is 1. The van der Waals surface area contributed by atoms with Gasteiger partial charge in [-0.25, -0.2) is 8.42 Å². The second-order valence-electron chi connectivity index (χ2n) is 3.57. The van der Waals surface area contributed by atoms with Crippen LogP contribution in [0.4, 0.5) is 5.69 Å². The predicted octanol–water partition coefficient (Wildman–Crippen LogP) is 0.831. The average molecular weight is 227 g/mol. The zero-order chi connectivity index (χ0) is 10.9. The van der Waals surface area contributed by atoms with Crippen LogP contribution in [0, 0.1) is 0 Å². The highest BCUT2D eigenvalue weighted by Crippen LogP contribution is 2.26. The van der Waals surface area contributed by atoms with E-state index in [1.54, 1.807) is 24.3 Å². The Bertz CT molecular complexity index is 449. The number of para-hydroxylation sites is 1. The standard InChI is InChI=1S/C10H13NO3S/c11-9-3-1-2-4-10(9)15(12,13)8-5-6-14-7-8/h1-4,8H,5-7,11H2/t8-/m1/s1. The van der Waals surface area contributed by atoms with E-state index in [4.69, 9.17) is 10.5 Å². The first-order valence-electron chi connectivity index (χ1n) is 4.78. The SMILES string of the molecule is Nc1ccccc1S(=O)(=O)[C@@H]1CCOC1. The molecule has 1 aromatic carbocycles. The number of nitrogen functional groups attached to an aromatic ring is 1. The molecule has 15 heavy (non-hydrogen) atoms. The summed E-state index contributed by atoms with van der Waals surface area (Å²) in [5.74, 6) is 0. The van der Waals surface area contributed by atoms with Crippen molar-refractivity contribution in [2.24, 2.45) is 0 Å². The highest BCUT2D eigenvalue weighted by Gasteiger charge is 2.32. The Morgan fingerprint density at radius 2 is 2.07 bits per heavy atom. The van der Waals surface area contributed by atoms with Gasteiger partial charge in [-0.1, -0.05) is 12.1 Å². The fraction of sp³-hybridized carbons (Fsp3) is 0.400. The minimum atomic E-state index is -3.32. The number of ether oxygens (including phenoxy) is 1. The van der Waals surface area contributed by atoms with Crippen molar-refractivity contribution in [1.82, 2.24) is 0 Å². The van der Waals surface area contributed by atoms with Crippen LogP contribution in [-0.2, 0) is 14.6 Å². The van der Waals surface area contributed by atoms with E-state index in [0.29, 0.717) is 18.7 Å². The summed E-state index contributed by atoms with van der Waals surface area (Å²) < 4.78 is 29.3. The van der Waals surface area contributed by atoms with E-state index < -0.39 is 15.1 Å². The van der Waals surface area contributed by atoms with Gasteiger partial charge in [0.15, 0.2) is 9.84 Å². The van der Waals surface area contributed by atoms with E-state index in [2.05, 4.69) is 0 Å². The van der Waals surface area contributed by atoms with Gasteiger partial charge in [-0.15, -0.1) is 0 Å². The molecule has 4 nitrogen and oxygen atoms in total. The molecule has 1 fully saturated rings. The van der Waals surface area contributed by atoms with Crippen LogP contribution >= 0.6 is 0 Å². The topological polar surface area (TPSA) is 69.4 Å². The van der Waals surface area contributed by atoms with Crippen molar-refractivity contribution in [2.75, 3.05) is 18.9 Å². The molecule has 0 aromatic heterocycles. The van der Waals surface area contributed by atoms with E-state index in [-0.39, 0.29) is 11.5 Å². The van der Waals surface area contributed by atoms with Crippen molar-refractivity contribution in [2.45, 2.75) is 16.6 Å². The van der Waals surface area contributed by atoms with Crippen LogP contribution in [0.15, 0.2) is 29.2 Å². The third kappa shape index (κ3) is 1.85. The lowest BCUT2D eigenvalue weighted by Gasteiger charge is -2.11. The molecule has 82 valence electrons. The molecule has 0 spiro atoms. The summed E-state index contributed by atoms with van der Waals surface area (Å²) in [4.78, 5) is 0.223. The summed E-state index contributed by atoms with van der Waals surface area (Å²) in [6.45, 7) is 0.785. The van der Waals surface area contributed by atoms with Gasteiger partial charge in [0.2, 0.25) is 0 Å². The van der Waals surface area contributed by atoms with E-state index >= 15 is 0 Å². The maximum Gasteiger partial charge on any atom is 0.185 e. The van der Waals surface area contributed by atoms with Crippen LogP contribution in [0.25, 0.3) is 0 Å². The highest BCUT2D eigenvalue weighted by atomic mass is 32.2. The normalized spacial score (nSPS) is 21.7. The second-order valence-corrected chi connectivity index (χ2v) is 5.76. The molecule has 1 heterocycles. The first-order chi connectivity index (χ1) is 7.12. The van der Waals surface area contributed by atoms with Gasteiger partial charge in [0.1, 0.15) is 0 Å². The third-order valence-corrected chi connectivity index (χ3v) is 4.79. The Morgan fingerprint density at radius 1 is 1.33 bits per heavy atom. The van der Waals surface area contributed by atoms with E-state index in [1.807, 2.05) is 0 Å². The van der Waals surface area contributed by atoms with Crippen LogP contribution in [0.5, 0.6) is 0 Å². The Balaban J connectivity index is 2.41. The maximum absolute atomic E-state index is 12.1. The minimum absolute atomic E-state index is 0.223. The molecule has 0 bridgehead atoms. The Morgan fingerprint density at radius 3 is 2.67 bits per heavy atom. The van der Waals surface area contributed by atoms with Crippen molar-refractivity contribution in [3.05, 3.63) is 24.3 Å².